The second-order valence-corrected chi connectivity index (χ2v) is 6.89. The van der Waals surface area contributed by atoms with Crippen LogP contribution in [-0.2, 0) is 19.2 Å². The molecule has 5 heteroatoms. The van der Waals surface area contributed by atoms with Crippen LogP contribution in [0.5, 0.6) is 0 Å². The Morgan fingerprint density at radius 1 is 1.43 bits per heavy atom. The highest BCUT2D eigenvalue weighted by Crippen LogP contribution is 2.44. The van der Waals surface area contributed by atoms with Crippen molar-refractivity contribution < 1.29 is 19.2 Å². The van der Waals surface area contributed by atoms with Gasteiger partial charge in [0.1, 0.15) is 12.4 Å². The van der Waals surface area contributed by atoms with Gasteiger partial charge in [-0.2, -0.15) is 5.06 Å². The molecule has 0 saturated carbocycles. The summed E-state index contributed by atoms with van der Waals surface area (Å²) in [6, 6.07) is 0. The first-order valence-electron chi connectivity index (χ1n) is 8.43. The molecule has 4 unspecified atom stereocenters. The van der Waals surface area contributed by atoms with Gasteiger partial charge in [0.2, 0.25) is 0 Å². The highest BCUT2D eigenvalue weighted by Gasteiger charge is 2.54. The molecule has 1 aliphatic rings. The molecule has 132 valence electrons. The predicted octanol–water partition coefficient (Wildman–Crippen LogP) is 3.28. The first kappa shape index (κ1) is 19.8. The molecule has 0 N–H and O–H groups in total. The van der Waals surface area contributed by atoms with Crippen LogP contribution < -0.4 is 0 Å². The molecule has 0 aromatic heterocycles. The first-order valence-corrected chi connectivity index (χ1v) is 8.43. The topological polar surface area (TPSA) is 55.8 Å². The molecule has 0 amide bonds. The number of Topliss-reactive ketones (excluding diaryl/α,β-unsaturated/α-hetero) is 1. The third-order valence-electron chi connectivity index (χ3n) is 5.34. The minimum atomic E-state index is -0.730. The maximum atomic E-state index is 12.5. The van der Waals surface area contributed by atoms with Crippen molar-refractivity contribution in [3.63, 3.8) is 0 Å². The molecule has 0 radical (unpaired) electrons. The zero-order chi connectivity index (χ0) is 17.8. The number of rotatable bonds is 7. The van der Waals surface area contributed by atoms with Crippen LogP contribution in [0.3, 0.4) is 0 Å². The number of hydroxylamine groups is 2. The lowest BCUT2D eigenvalue weighted by Crippen LogP contribution is -2.67. The van der Waals surface area contributed by atoms with Crippen LogP contribution in [0.15, 0.2) is 12.7 Å². The average Bonchev–Trinajstić information content (AvgIpc) is 2.54. The monoisotopic (exact) mass is 325 g/mol. The van der Waals surface area contributed by atoms with Gasteiger partial charge in [-0.15, -0.1) is 0 Å². The molecular weight excluding hydrogens is 294 g/mol. The Morgan fingerprint density at radius 3 is 2.52 bits per heavy atom. The van der Waals surface area contributed by atoms with Gasteiger partial charge in [-0.25, -0.2) is 4.79 Å². The van der Waals surface area contributed by atoms with Crippen molar-refractivity contribution >= 4 is 11.8 Å². The van der Waals surface area contributed by atoms with E-state index in [0.717, 1.165) is 12.8 Å². The third kappa shape index (κ3) is 3.83. The zero-order valence-electron chi connectivity index (χ0n) is 15.3. The van der Waals surface area contributed by atoms with E-state index in [1.54, 1.807) is 6.92 Å². The predicted molar refractivity (Wildman–Crippen MR) is 89.7 cm³/mol. The maximum Gasteiger partial charge on any atom is 0.337 e. The Labute approximate surface area is 140 Å². The first-order chi connectivity index (χ1) is 10.7. The van der Waals surface area contributed by atoms with Gasteiger partial charge in [0, 0.05) is 12.3 Å². The lowest BCUT2D eigenvalue weighted by Gasteiger charge is -2.56. The smallest absolute Gasteiger partial charge is 0.337 e. The summed E-state index contributed by atoms with van der Waals surface area (Å²) >= 11 is 0. The third-order valence-corrected chi connectivity index (χ3v) is 5.34. The summed E-state index contributed by atoms with van der Waals surface area (Å²) in [4.78, 5) is 30.6. The van der Waals surface area contributed by atoms with E-state index in [9.17, 15) is 9.59 Å². The lowest BCUT2D eigenvalue weighted by molar-refractivity contribution is -0.311. The maximum absolute atomic E-state index is 12.5. The van der Waals surface area contributed by atoms with Gasteiger partial charge in [0.25, 0.3) is 0 Å². The molecule has 1 heterocycles. The molecule has 1 rings (SSSR count). The number of carbonyl (C=O) groups excluding carboxylic acids is 2. The van der Waals surface area contributed by atoms with Crippen LogP contribution in [0, 0.1) is 5.92 Å². The highest BCUT2D eigenvalue weighted by molar-refractivity contribution is 5.84. The molecule has 23 heavy (non-hydrogen) atoms. The Morgan fingerprint density at radius 2 is 2.04 bits per heavy atom. The SMILES string of the molecule is C=CCOC(=O)C(C)ON1C(C)(CC)CC(=O)C(C)C1(C)CC. The van der Waals surface area contributed by atoms with Crippen molar-refractivity contribution in [1.82, 2.24) is 5.06 Å². The Kier molecular flexibility index (Phi) is 6.54. The number of carbonyl (C=O) groups is 2. The van der Waals surface area contributed by atoms with Gasteiger partial charge in [0.15, 0.2) is 6.10 Å². The van der Waals surface area contributed by atoms with Crippen molar-refractivity contribution in [3.05, 3.63) is 12.7 Å². The van der Waals surface area contributed by atoms with Crippen LogP contribution in [0.4, 0.5) is 0 Å². The summed E-state index contributed by atoms with van der Waals surface area (Å²) in [7, 11) is 0. The summed E-state index contributed by atoms with van der Waals surface area (Å²) in [5, 5.41) is 1.89. The van der Waals surface area contributed by atoms with Crippen LogP contribution in [-0.4, -0.2) is 40.6 Å². The fourth-order valence-electron chi connectivity index (χ4n) is 3.17. The molecular formula is C18H31NO4. The number of ketones is 1. The summed E-state index contributed by atoms with van der Waals surface area (Å²) in [5.74, 6) is -0.324. The molecule has 5 nitrogen and oxygen atoms in total. The van der Waals surface area contributed by atoms with Crippen LogP contribution in [0.2, 0.25) is 0 Å². The van der Waals surface area contributed by atoms with Gasteiger partial charge < -0.3 is 4.74 Å². The quantitative estimate of drug-likeness (QED) is 0.531. The van der Waals surface area contributed by atoms with E-state index < -0.39 is 23.2 Å². The molecule has 1 saturated heterocycles. The molecule has 0 aliphatic carbocycles. The van der Waals surface area contributed by atoms with E-state index in [-0.39, 0.29) is 18.3 Å². The number of piperidine rings is 1. The van der Waals surface area contributed by atoms with E-state index in [1.807, 2.05) is 39.7 Å². The molecule has 0 aromatic carbocycles. The Balaban J connectivity index is 3.07. The van der Waals surface area contributed by atoms with E-state index in [2.05, 4.69) is 6.58 Å². The number of hydrogen-bond donors (Lipinski definition) is 0. The second-order valence-electron chi connectivity index (χ2n) is 6.89. The van der Waals surface area contributed by atoms with Crippen molar-refractivity contribution in [3.8, 4) is 0 Å². The summed E-state index contributed by atoms with van der Waals surface area (Å²) in [5.41, 5.74) is -0.881. The van der Waals surface area contributed by atoms with Gasteiger partial charge in [0.05, 0.1) is 11.1 Å². The van der Waals surface area contributed by atoms with E-state index in [0.29, 0.717) is 6.42 Å². The van der Waals surface area contributed by atoms with Crippen LogP contribution in [0.1, 0.15) is 60.8 Å². The van der Waals surface area contributed by atoms with Crippen LogP contribution in [0.25, 0.3) is 0 Å². The lowest BCUT2D eigenvalue weighted by atomic mass is 9.70. The Bertz CT molecular complexity index is 464. The minimum Gasteiger partial charge on any atom is -0.459 e. The van der Waals surface area contributed by atoms with Crippen molar-refractivity contribution in [2.24, 2.45) is 5.92 Å². The number of ether oxygens (including phenoxy) is 1. The normalized spacial score (nSPS) is 33.3. The number of nitrogens with zero attached hydrogens (tertiary/aromatic N) is 1. The standard InChI is InChI=1S/C18H31NO4/c1-8-11-22-16(21)14(5)23-19-17(6,9-2)12-15(20)13(4)18(19,7)10-3/h8,13-14H,1,9-12H2,2-7H3. The van der Waals surface area contributed by atoms with E-state index >= 15 is 0 Å². The van der Waals surface area contributed by atoms with Crippen LogP contribution >= 0.6 is 0 Å². The van der Waals surface area contributed by atoms with Crippen molar-refractivity contribution in [2.75, 3.05) is 6.61 Å². The highest BCUT2D eigenvalue weighted by atomic mass is 16.7. The largest absolute Gasteiger partial charge is 0.459 e. The van der Waals surface area contributed by atoms with E-state index in [4.69, 9.17) is 9.57 Å². The number of esters is 1. The van der Waals surface area contributed by atoms with Crippen molar-refractivity contribution in [2.45, 2.75) is 78.0 Å². The molecule has 1 aliphatic heterocycles. The van der Waals surface area contributed by atoms with Gasteiger partial charge in [-0.3, -0.25) is 9.63 Å². The van der Waals surface area contributed by atoms with Gasteiger partial charge in [-0.05, 0) is 33.6 Å². The zero-order valence-corrected chi connectivity index (χ0v) is 15.3. The minimum absolute atomic E-state index is 0.150. The Hall–Kier alpha value is -1.20. The molecule has 0 aromatic rings. The van der Waals surface area contributed by atoms with Crippen molar-refractivity contribution in [1.29, 1.82) is 0 Å². The second kappa shape index (κ2) is 7.58. The van der Waals surface area contributed by atoms with Gasteiger partial charge in [-0.1, -0.05) is 33.4 Å². The molecule has 4 atom stereocenters. The molecule has 1 fully saturated rings. The number of hydrogen-bond acceptors (Lipinski definition) is 5. The average molecular weight is 325 g/mol. The summed E-state index contributed by atoms with van der Waals surface area (Å²) in [6.07, 6.45) is 2.74. The summed E-state index contributed by atoms with van der Waals surface area (Å²) in [6.45, 7) is 15.5. The fourth-order valence-corrected chi connectivity index (χ4v) is 3.17. The molecule has 0 spiro atoms. The fraction of sp³-hybridized carbons (Fsp3) is 0.778. The molecule has 0 bridgehead atoms. The van der Waals surface area contributed by atoms with Gasteiger partial charge >= 0.3 is 5.97 Å². The summed E-state index contributed by atoms with van der Waals surface area (Å²) < 4.78 is 5.07. The van der Waals surface area contributed by atoms with E-state index in [1.165, 1.54) is 6.08 Å².